The number of fused-ring (bicyclic) bond motifs is 3. The molecule has 2 aliphatic heterocycles. The van der Waals surface area contributed by atoms with Crippen LogP contribution in [0.5, 0.6) is 0 Å². The molecule has 1 N–H and O–H groups in total. The number of H-pyrrole nitrogens is 1. The second-order valence-corrected chi connectivity index (χ2v) is 7.91. The third kappa shape index (κ3) is 2.82. The molecule has 140 valence electrons. The van der Waals surface area contributed by atoms with Crippen molar-refractivity contribution >= 4 is 11.0 Å². The molecule has 0 amide bonds. The standard InChI is InChI=1S/C20H22N4O3/c1-23-14-3-4-15(23)10-13(9-14)8-12-2-5-17-16(11-12)19(22-27-17)24-7-6-18(25)21-20(24)26/h2,5-7,11,13-15H,3-4,8-10H2,1H3,(H,21,25,26)/t13?,14-,15+. The topological polar surface area (TPSA) is 84.1 Å². The monoisotopic (exact) mass is 366 g/mol. The van der Waals surface area contributed by atoms with Crippen LogP contribution in [0.2, 0.25) is 0 Å². The molecule has 7 heteroatoms. The summed E-state index contributed by atoms with van der Waals surface area (Å²) in [7, 11) is 2.26. The Labute approximate surface area is 155 Å². The van der Waals surface area contributed by atoms with Gasteiger partial charge in [-0.15, -0.1) is 0 Å². The summed E-state index contributed by atoms with van der Waals surface area (Å²) in [5.74, 6) is 1.10. The summed E-state index contributed by atoms with van der Waals surface area (Å²) in [6.45, 7) is 0. The summed E-state index contributed by atoms with van der Waals surface area (Å²) in [5.41, 5.74) is 0.922. The van der Waals surface area contributed by atoms with Crippen molar-refractivity contribution in [1.82, 2.24) is 19.6 Å². The van der Waals surface area contributed by atoms with E-state index in [1.165, 1.54) is 48.1 Å². The first-order chi connectivity index (χ1) is 13.1. The van der Waals surface area contributed by atoms with Gasteiger partial charge in [0.1, 0.15) is 0 Å². The summed E-state index contributed by atoms with van der Waals surface area (Å²) in [6.07, 6.45) is 7.60. The molecule has 2 saturated heterocycles. The van der Waals surface area contributed by atoms with Crippen LogP contribution in [0, 0.1) is 5.92 Å². The highest BCUT2D eigenvalue weighted by Gasteiger charge is 2.38. The van der Waals surface area contributed by atoms with E-state index < -0.39 is 11.2 Å². The zero-order chi connectivity index (χ0) is 18.5. The molecule has 27 heavy (non-hydrogen) atoms. The quantitative estimate of drug-likeness (QED) is 0.767. The van der Waals surface area contributed by atoms with Crippen LogP contribution in [0.1, 0.15) is 31.2 Å². The molecule has 0 radical (unpaired) electrons. The number of benzene rings is 1. The summed E-state index contributed by atoms with van der Waals surface area (Å²) >= 11 is 0. The molecule has 1 unspecified atom stereocenters. The number of piperidine rings is 1. The molecule has 7 nitrogen and oxygen atoms in total. The SMILES string of the molecule is CN1[C@@H]2CC[C@H]1CC(Cc1ccc3onc(-n4ccc(=O)[nH]c4=O)c3c1)C2. The van der Waals surface area contributed by atoms with Gasteiger partial charge in [0.2, 0.25) is 0 Å². The first-order valence-electron chi connectivity index (χ1n) is 9.51. The van der Waals surface area contributed by atoms with Gasteiger partial charge in [0.05, 0.1) is 5.39 Å². The van der Waals surface area contributed by atoms with E-state index in [4.69, 9.17) is 4.52 Å². The highest BCUT2D eigenvalue weighted by molar-refractivity contribution is 5.84. The average molecular weight is 366 g/mol. The molecule has 3 atom stereocenters. The van der Waals surface area contributed by atoms with Gasteiger partial charge >= 0.3 is 5.69 Å². The molecule has 1 aromatic carbocycles. The normalized spacial score (nSPS) is 25.3. The summed E-state index contributed by atoms with van der Waals surface area (Å²) < 4.78 is 6.70. The molecule has 2 fully saturated rings. The molecule has 2 bridgehead atoms. The van der Waals surface area contributed by atoms with Crippen molar-refractivity contribution in [1.29, 1.82) is 0 Å². The fourth-order valence-corrected chi connectivity index (χ4v) is 4.88. The van der Waals surface area contributed by atoms with Gasteiger partial charge in [-0.2, -0.15) is 0 Å². The van der Waals surface area contributed by atoms with Crippen molar-refractivity contribution in [2.75, 3.05) is 7.05 Å². The lowest BCUT2D eigenvalue weighted by atomic mass is 9.86. The van der Waals surface area contributed by atoms with Crippen LogP contribution in [0.25, 0.3) is 16.8 Å². The fraction of sp³-hybridized carbons (Fsp3) is 0.450. The summed E-state index contributed by atoms with van der Waals surface area (Å²) in [6, 6.07) is 8.83. The predicted octanol–water partition coefficient (Wildman–Crippen LogP) is 2.08. The maximum atomic E-state index is 12.1. The van der Waals surface area contributed by atoms with Crippen molar-refractivity contribution in [3.05, 3.63) is 56.9 Å². The number of aromatic nitrogens is 3. The number of hydrogen-bond acceptors (Lipinski definition) is 5. The molecule has 0 aliphatic carbocycles. The van der Waals surface area contributed by atoms with Crippen LogP contribution in [0.4, 0.5) is 0 Å². The number of rotatable bonds is 3. The average Bonchev–Trinajstić information content (AvgIpc) is 3.12. The van der Waals surface area contributed by atoms with Crippen LogP contribution >= 0.6 is 0 Å². The van der Waals surface area contributed by atoms with Crippen LogP contribution in [-0.4, -0.2) is 38.7 Å². The third-order valence-electron chi connectivity index (χ3n) is 6.29. The minimum atomic E-state index is -0.519. The van der Waals surface area contributed by atoms with E-state index in [0.717, 1.165) is 23.9 Å². The first kappa shape index (κ1) is 16.5. The highest BCUT2D eigenvalue weighted by Crippen LogP contribution is 2.39. The smallest absolute Gasteiger partial charge is 0.334 e. The van der Waals surface area contributed by atoms with Gasteiger partial charge in [-0.1, -0.05) is 11.2 Å². The minimum absolute atomic E-state index is 0.413. The number of nitrogens with zero attached hydrogens (tertiary/aromatic N) is 3. The van der Waals surface area contributed by atoms with Crippen LogP contribution in [0.3, 0.4) is 0 Å². The highest BCUT2D eigenvalue weighted by atomic mass is 16.5. The minimum Gasteiger partial charge on any atom is -0.354 e. The van der Waals surface area contributed by atoms with Gasteiger partial charge in [-0.3, -0.25) is 9.78 Å². The third-order valence-corrected chi connectivity index (χ3v) is 6.29. The predicted molar refractivity (Wildman–Crippen MR) is 101 cm³/mol. The van der Waals surface area contributed by atoms with Crippen molar-refractivity contribution in [2.24, 2.45) is 5.92 Å². The lowest BCUT2D eigenvalue weighted by Gasteiger charge is -2.36. The van der Waals surface area contributed by atoms with Gasteiger partial charge in [0.25, 0.3) is 5.56 Å². The molecule has 0 spiro atoms. The molecule has 2 aromatic heterocycles. The summed E-state index contributed by atoms with van der Waals surface area (Å²) in [4.78, 5) is 28.2. The maximum Gasteiger partial charge on any atom is 0.334 e. The van der Waals surface area contributed by atoms with Crippen LogP contribution in [0.15, 0.2) is 44.6 Å². The van der Waals surface area contributed by atoms with Crippen LogP contribution < -0.4 is 11.2 Å². The van der Waals surface area contributed by atoms with Crippen LogP contribution in [-0.2, 0) is 6.42 Å². The molecule has 4 heterocycles. The number of hydrogen-bond donors (Lipinski definition) is 1. The van der Waals surface area contributed by atoms with Gasteiger partial charge in [0.15, 0.2) is 11.4 Å². The van der Waals surface area contributed by atoms with Crippen molar-refractivity contribution in [2.45, 2.75) is 44.2 Å². The largest absolute Gasteiger partial charge is 0.354 e. The zero-order valence-electron chi connectivity index (χ0n) is 15.2. The van der Waals surface area contributed by atoms with E-state index in [-0.39, 0.29) is 0 Å². The van der Waals surface area contributed by atoms with E-state index in [0.29, 0.717) is 17.3 Å². The van der Waals surface area contributed by atoms with E-state index in [1.807, 2.05) is 6.07 Å². The molecule has 3 aromatic rings. The fourth-order valence-electron chi connectivity index (χ4n) is 4.88. The van der Waals surface area contributed by atoms with Crippen molar-refractivity contribution in [3.8, 4) is 5.82 Å². The Hall–Kier alpha value is -2.67. The molecule has 0 saturated carbocycles. The Bertz CT molecular complexity index is 1100. The van der Waals surface area contributed by atoms with E-state index in [9.17, 15) is 9.59 Å². The maximum absolute atomic E-state index is 12.1. The van der Waals surface area contributed by atoms with Crippen molar-refractivity contribution in [3.63, 3.8) is 0 Å². The van der Waals surface area contributed by atoms with E-state index in [1.54, 1.807) is 0 Å². The van der Waals surface area contributed by atoms with E-state index >= 15 is 0 Å². The molecular formula is C20H22N4O3. The second kappa shape index (κ2) is 6.20. The lowest BCUT2D eigenvalue weighted by Crippen LogP contribution is -2.40. The Balaban J connectivity index is 1.47. The Morgan fingerprint density at radius 3 is 2.70 bits per heavy atom. The zero-order valence-corrected chi connectivity index (χ0v) is 15.2. The molecule has 2 aliphatic rings. The molecule has 5 rings (SSSR count). The first-order valence-corrected chi connectivity index (χ1v) is 9.51. The lowest BCUT2D eigenvalue weighted by molar-refractivity contribution is 0.134. The van der Waals surface area contributed by atoms with Gasteiger partial charge < -0.3 is 9.42 Å². The Morgan fingerprint density at radius 2 is 1.96 bits per heavy atom. The van der Waals surface area contributed by atoms with Crippen molar-refractivity contribution < 1.29 is 4.52 Å². The summed E-state index contributed by atoms with van der Waals surface area (Å²) in [5, 5.41) is 4.84. The van der Waals surface area contributed by atoms with Gasteiger partial charge in [-0.25, -0.2) is 9.36 Å². The van der Waals surface area contributed by atoms with E-state index in [2.05, 4.69) is 34.2 Å². The number of nitrogens with one attached hydrogen (secondary N) is 1. The second-order valence-electron chi connectivity index (χ2n) is 7.91. The van der Waals surface area contributed by atoms with Gasteiger partial charge in [0, 0.05) is 24.3 Å². The Morgan fingerprint density at radius 1 is 1.19 bits per heavy atom. The Kier molecular flexibility index (Phi) is 3.79. The molecular weight excluding hydrogens is 344 g/mol. The van der Waals surface area contributed by atoms with Gasteiger partial charge in [-0.05, 0) is 62.8 Å². The number of aromatic amines is 1.